The van der Waals surface area contributed by atoms with E-state index in [2.05, 4.69) is 28.8 Å². The lowest BCUT2D eigenvalue weighted by Gasteiger charge is -2.29. The van der Waals surface area contributed by atoms with E-state index >= 15 is 0 Å². The Morgan fingerprint density at radius 2 is 2.35 bits per heavy atom. The molecule has 1 aliphatic heterocycles. The fraction of sp³-hybridized carbons (Fsp3) is 0.750. The van der Waals surface area contributed by atoms with Crippen LogP contribution >= 0.6 is 11.3 Å². The highest BCUT2D eigenvalue weighted by Gasteiger charge is 2.22. The van der Waals surface area contributed by atoms with Crippen molar-refractivity contribution >= 4 is 16.5 Å². The van der Waals surface area contributed by atoms with E-state index in [9.17, 15) is 0 Å². The van der Waals surface area contributed by atoms with Crippen LogP contribution in [0.5, 0.6) is 0 Å². The van der Waals surface area contributed by atoms with E-state index in [1.807, 2.05) is 6.20 Å². The van der Waals surface area contributed by atoms with Gasteiger partial charge in [0.05, 0.1) is 0 Å². The van der Waals surface area contributed by atoms with Crippen LogP contribution in [0.15, 0.2) is 6.20 Å². The molecule has 2 heterocycles. The molecule has 0 radical (unpaired) electrons. The van der Waals surface area contributed by atoms with Gasteiger partial charge in [0.1, 0.15) is 0 Å². The average Bonchev–Trinajstić information content (AvgIpc) is 2.61. The summed E-state index contributed by atoms with van der Waals surface area (Å²) < 4.78 is 0. The van der Waals surface area contributed by atoms with Crippen molar-refractivity contribution in [1.29, 1.82) is 0 Å². The van der Waals surface area contributed by atoms with E-state index in [1.54, 1.807) is 11.3 Å². The van der Waals surface area contributed by atoms with Gasteiger partial charge in [-0.1, -0.05) is 6.92 Å². The highest BCUT2D eigenvalue weighted by Crippen LogP contribution is 2.20. The van der Waals surface area contributed by atoms with Gasteiger partial charge in [-0.3, -0.25) is 4.90 Å². The Labute approximate surface area is 107 Å². The molecular formula is C12H22N4S. The van der Waals surface area contributed by atoms with Crippen LogP contribution in [0.25, 0.3) is 0 Å². The number of hydrogen-bond donors (Lipinski definition) is 1. The summed E-state index contributed by atoms with van der Waals surface area (Å²) in [4.78, 5) is 10.4. The van der Waals surface area contributed by atoms with Crippen LogP contribution in [0, 0.1) is 0 Å². The number of anilines is 1. The van der Waals surface area contributed by atoms with E-state index in [4.69, 9.17) is 5.73 Å². The molecule has 0 saturated carbocycles. The predicted molar refractivity (Wildman–Crippen MR) is 73.1 cm³/mol. The Bertz CT molecular complexity index is 352. The van der Waals surface area contributed by atoms with E-state index in [-0.39, 0.29) is 0 Å². The second-order valence-electron chi connectivity index (χ2n) is 4.81. The van der Waals surface area contributed by atoms with Crippen molar-refractivity contribution in [2.75, 3.05) is 32.4 Å². The average molecular weight is 254 g/mol. The first kappa shape index (κ1) is 12.8. The highest BCUT2D eigenvalue weighted by atomic mass is 32.1. The lowest BCUT2D eigenvalue weighted by molar-refractivity contribution is 0.177. The monoisotopic (exact) mass is 254 g/mol. The van der Waals surface area contributed by atoms with Crippen molar-refractivity contribution in [2.45, 2.75) is 32.4 Å². The SMILES string of the molecule is CCC1CN(C)CCCN1Cc1cnc(N)s1. The Morgan fingerprint density at radius 3 is 3.00 bits per heavy atom. The van der Waals surface area contributed by atoms with Gasteiger partial charge >= 0.3 is 0 Å². The van der Waals surface area contributed by atoms with Gasteiger partial charge in [0.25, 0.3) is 0 Å². The fourth-order valence-corrected chi connectivity index (χ4v) is 3.19. The molecule has 0 amide bonds. The van der Waals surface area contributed by atoms with Crippen LogP contribution in [0.1, 0.15) is 24.6 Å². The molecule has 2 N–H and O–H groups in total. The summed E-state index contributed by atoms with van der Waals surface area (Å²) >= 11 is 1.61. The van der Waals surface area contributed by atoms with Crippen LogP contribution in [0.4, 0.5) is 5.13 Å². The first-order chi connectivity index (χ1) is 8.19. The summed E-state index contributed by atoms with van der Waals surface area (Å²) in [7, 11) is 2.22. The van der Waals surface area contributed by atoms with E-state index in [1.165, 1.54) is 37.4 Å². The predicted octanol–water partition coefficient (Wildman–Crippen LogP) is 1.64. The Kier molecular flexibility index (Phi) is 4.36. The van der Waals surface area contributed by atoms with Crippen LogP contribution in [-0.4, -0.2) is 47.5 Å². The van der Waals surface area contributed by atoms with Crippen molar-refractivity contribution in [3.8, 4) is 0 Å². The molecule has 0 aliphatic carbocycles. The molecule has 0 aromatic carbocycles. The lowest BCUT2D eigenvalue weighted by atomic mass is 10.2. The van der Waals surface area contributed by atoms with Crippen LogP contribution < -0.4 is 5.73 Å². The van der Waals surface area contributed by atoms with Gasteiger partial charge in [-0.25, -0.2) is 4.98 Å². The zero-order valence-electron chi connectivity index (χ0n) is 10.7. The Balaban J connectivity index is 2.01. The van der Waals surface area contributed by atoms with E-state index < -0.39 is 0 Å². The van der Waals surface area contributed by atoms with Crippen LogP contribution in [-0.2, 0) is 6.54 Å². The normalized spacial score (nSPS) is 23.8. The quantitative estimate of drug-likeness (QED) is 0.891. The Morgan fingerprint density at radius 1 is 1.53 bits per heavy atom. The van der Waals surface area contributed by atoms with Crippen LogP contribution in [0.2, 0.25) is 0 Å². The molecule has 5 heteroatoms. The summed E-state index contributed by atoms with van der Waals surface area (Å²) in [6.45, 7) is 6.84. The number of likely N-dealkylation sites (N-methyl/N-ethyl adjacent to an activating group) is 1. The molecule has 1 aromatic heterocycles. The van der Waals surface area contributed by atoms with Gasteiger partial charge in [0.15, 0.2) is 5.13 Å². The molecule has 1 fully saturated rings. The molecule has 2 rings (SSSR count). The first-order valence-corrected chi connectivity index (χ1v) is 7.13. The number of aromatic nitrogens is 1. The van der Waals surface area contributed by atoms with Gasteiger partial charge in [0, 0.05) is 36.8 Å². The van der Waals surface area contributed by atoms with Crippen molar-refractivity contribution < 1.29 is 0 Å². The van der Waals surface area contributed by atoms with Gasteiger partial charge in [-0.2, -0.15) is 0 Å². The van der Waals surface area contributed by atoms with Gasteiger partial charge < -0.3 is 10.6 Å². The molecule has 1 aromatic rings. The number of nitrogen functional groups attached to an aromatic ring is 1. The maximum atomic E-state index is 5.68. The molecule has 0 spiro atoms. The number of rotatable bonds is 3. The summed E-state index contributed by atoms with van der Waals surface area (Å²) in [6, 6.07) is 0.658. The fourth-order valence-electron chi connectivity index (χ4n) is 2.48. The minimum atomic E-state index is 0.658. The third-order valence-corrected chi connectivity index (χ3v) is 4.24. The Hall–Kier alpha value is -0.650. The second kappa shape index (κ2) is 5.80. The molecule has 1 atom stereocenters. The zero-order chi connectivity index (χ0) is 12.3. The maximum Gasteiger partial charge on any atom is 0.180 e. The number of nitrogens with two attached hydrogens (primary N) is 1. The molecular weight excluding hydrogens is 232 g/mol. The summed E-state index contributed by atoms with van der Waals surface area (Å²) in [5.74, 6) is 0. The van der Waals surface area contributed by atoms with Crippen molar-refractivity contribution in [1.82, 2.24) is 14.8 Å². The number of thiazole rings is 1. The van der Waals surface area contributed by atoms with Gasteiger partial charge in [0.2, 0.25) is 0 Å². The zero-order valence-corrected chi connectivity index (χ0v) is 11.5. The molecule has 1 unspecified atom stereocenters. The molecule has 1 aliphatic rings. The minimum Gasteiger partial charge on any atom is -0.375 e. The van der Waals surface area contributed by atoms with Crippen molar-refractivity contribution in [3.05, 3.63) is 11.1 Å². The van der Waals surface area contributed by atoms with Crippen molar-refractivity contribution in [2.24, 2.45) is 0 Å². The highest BCUT2D eigenvalue weighted by molar-refractivity contribution is 7.15. The van der Waals surface area contributed by atoms with Crippen LogP contribution in [0.3, 0.4) is 0 Å². The van der Waals surface area contributed by atoms with Gasteiger partial charge in [-0.15, -0.1) is 11.3 Å². The number of nitrogens with zero attached hydrogens (tertiary/aromatic N) is 3. The summed E-state index contributed by atoms with van der Waals surface area (Å²) in [5.41, 5.74) is 5.68. The standard InChI is InChI=1S/C12H22N4S/c1-3-10-8-15(2)5-4-6-16(10)9-11-7-14-12(13)17-11/h7,10H,3-6,8-9H2,1-2H3,(H2,13,14). The van der Waals surface area contributed by atoms with E-state index in [0.29, 0.717) is 11.2 Å². The minimum absolute atomic E-state index is 0.658. The summed E-state index contributed by atoms with van der Waals surface area (Å²) in [6.07, 6.45) is 4.38. The topological polar surface area (TPSA) is 45.4 Å². The van der Waals surface area contributed by atoms with Gasteiger partial charge in [-0.05, 0) is 26.4 Å². The van der Waals surface area contributed by atoms with E-state index in [0.717, 1.165) is 6.54 Å². The third-order valence-electron chi connectivity index (χ3n) is 3.43. The third kappa shape index (κ3) is 3.40. The smallest absolute Gasteiger partial charge is 0.180 e. The second-order valence-corrected chi connectivity index (χ2v) is 5.96. The molecule has 0 bridgehead atoms. The molecule has 17 heavy (non-hydrogen) atoms. The first-order valence-electron chi connectivity index (χ1n) is 6.31. The molecule has 96 valence electrons. The maximum absolute atomic E-state index is 5.68. The molecule has 1 saturated heterocycles. The molecule has 4 nitrogen and oxygen atoms in total. The lowest BCUT2D eigenvalue weighted by Crippen LogP contribution is -2.39. The number of hydrogen-bond acceptors (Lipinski definition) is 5. The largest absolute Gasteiger partial charge is 0.375 e. The summed E-state index contributed by atoms with van der Waals surface area (Å²) in [5, 5.41) is 0.681. The van der Waals surface area contributed by atoms with Crippen molar-refractivity contribution in [3.63, 3.8) is 0 Å².